The lowest BCUT2D eigenvalue weighted by Gasteiger charge is -2.03. The Morgan fingerprint density at radius 2 is 2.50 bits per heavy atom. The number of carbonyl (C=O) groups is 1. The topological polar surface area (TPSA) is 65.8 Å². The number of carbonyl (C=O) groups excluding carboxylic acids is 1. The van der Waals surface area contributed by atoms with E-state index >= 15 is 0 Å². The standard InChI is InChI=1S/C8H5BrClN3O/c9-6-4-13-7(10)3-5(6)8(14)12-2-1-11/h3-4H,2H2,(H,12,14). The highest BCUT2D eigenvalue weighted by molar-refractivity contribution is 9.10. The number of nitriles is 1. The minimum absolute atomic E-state index is 0.0365. The lowest BCUT2D eigenvalue weighted by Crippen LogP contribution is -2.23. The Labute approximate surface area is 94.0 Å². The van der Waals surface area contributed by atoms with E-state index in [4.69, 9.17) is 16.9 Å². The summed E-state index contributed by atoms with van der Waals surface area (Å²) < 4.78 is 0.539. The highest BCUT2D eigenvalue weighted by atomic mass is 79.9. The second-order valence-electron chi connectivity index (χ2n) is 2.33. The van der Waals surface area contributed by atoms with Gasteiger partial charge in [0, 0.05) is 10.7 Å². The first-order valence-corrected chi connectivity index (χ1v) is 4.78. The highest BCUT2D eigenvalue weighted by Crippen LogP contribution is 2.18. The molecule has 0 aliphatic heterocycles. The summed E-state index contributed by atoms with van der Waals surface area (Å²) in [6.07, 6.45) is 1.43. The fourth-order valence-electron chi connectivity index (χ4n) is 0.802. The molecule has 0 aliphatic rings. The molecule has 0 unspecified atom stereocenters. The summed E-state index contributed by atoms with van der Waals surface area (Å²) in [5, 5.41) is 10.9. The number of hydrogen-bond acceptors (Lipinski definition) is 3. The fraction of sp³-hybridized carbons (Fsp3) is 0.125. The van der Waals surface area contributed by atoms with Crippen LogP contribution in [0.3, 0.4) is 0 Å². The molecular weight excluding hydrogens is 269 g/mol. The van der Waals surface area contributed by atoms with Gasteiger partial charge in [0.1, 0.15) is 11.7 Å². The van der Waals surface area contributed by atoms with E-state index in [0.717, 1.165) is 0 Å². The summed E-state index contributed by atoms with van der Waals surface area (Å²) in [6, 6.07) is 3.24. The van der Waals surface area contributed by atoms with Gasteiger partial charge in [-0.05, 0) is 22.0 Å². The van der Waals surface area contributed by atoms with E-state index in [1.807, 2.05) is 0 Å². The van der Waals surface area contributed by atoms with Crippen LogP contribution in [0.2, 0.25) is 5.15 Å². The monoisotopic (exact) mass is 273 g/mol. The highest BCUT2D eigenvalue weighted by Gasteiger charge is 2.10. The summed E-state index contributed by atoms with van der Waals surface area (Å²) in [4.78, 5) is 15.2. The van der Waals surface area contributed by atoms with Crippen molar-refractivity contribution in [2.75, 3.05) is 6.54 Å². The molecule has 0 atom stereocenters. The first-order chi connectivity index (χ1) is 6.65. The summed E-state index contributed by atoms with van der Waals surface area (Å²) in [5.74, 6) is -0.359. The quantitative estimate of drug-likeness (QED) is 0.660. The van der Waals surface area contributed by atoms with Crippen molar-refractivity contribution < 1.29 is 4.79 Å². The Bertz CT molecular complexity index is 402. The zero-order valence-corrected chi connectivity index (χ0v) is 9.26. The zero-order valence-electron chi connectivity index (χ0n) is 6.92. The van der Waals surface area contributed by atoms with Crippen LogP contribution in [0.25, 0.3) is 0 Å². The van der Waals surface area contributed by atoms with Crippen LogP contribution in [-0.4, -0.2) is 17.4 Å². The molecule has 14 heavy (non-hydrogen) atoms. The minimum Gasteiger partial charge on any atom is -0.339 e. The maximum Gasteiger partial charge on any atom is 0.253 e. The second-order valence-corrected chi connectivity index (χ2v) is 3.57. The smallest absolute Gasteiger partial charge is 0.253 e. The third kappa shape index (κ3) is 2.69. The van der Waals surface area contributed by atoms with Crippen LogP contribution in [0.4, 0.5) is 0 Å². The van der Waals surface area contributed by atoms with Gasteiger partial charge < -0.3 is 5.32 Å². The first kappa shape index (κ1) is 11.0. The summed E-state index contributed by atoms with van der Waals surface area (Å²) in [7, 11) is 0. The number of aromatic nitrogens is 1. The van der Waals surface area contributed by atoms with Crippen molar-refractivity contribution in [3.63, 3.8) is 0 Å². The molecule has 0 saturated carbocycles. The van der Waals surface area contributed by atoms with Crippen molar-refractivity contribution in [1.82, 2.24) is 10.3 Å². The average molecular weight is 275 g/mol. The Morgan fingerprint density at radius 1 is 1.79 bits per heavy atom. The molecule has 1 aromatic rings. The Hall–Kier alpha value is -1.12. The summed E-state index contributed by atoms with van der Waals surface area (Å²) in [5.41, 5.74) is 0.361. The Morgan fingerprint density at radius 3 is 3.14 bits per heavy atom. The molecule has 0 fully saturated rings. The first-order valence-electron chi connectivity index (χ1n) is 3.61. The Kier molecular flexibility index (Phi) is 3.86. The van der Waals surface area contributed by atoms with Crippen LogP contribution in [0.15, 0.2) is 16.7 Å². The van der Waals surface area contributed by atoms with Gasteiger partial charge in [-0.1, -0.05) is 11.6 Å². The SMILES string of the molecule is N#CCNC(=O)c1cc(Cl)ncc1Br. The van der Waals surface area contributed by atoms with E-state index in [2.05, 4.69) is 26.2 Å². The molecule has 1 amide bonds. The zero-order chi connectivity index (χ0) is 10.6. The molecule has 0 aromatic carbocycles. The van der Waals surface area contributed by atoms with Gasteiger partial charge in [0.15, 0.2) is 0 Å². The van der Waals surface area contributed by atoms with Crippen LogP contribution < -0.4 is 5.32 Å². The van der Waals surface area contributed by atoms with Gasteiger partial charge in [-0.3, -0.25) is 4.79 Å². The lowest BCUT2D eigenvalue weighted by molar-refractivity contribution is 0.0957. The molecule has 0 aliphatic carbocycles. The molecule has 0 spiro atoms. The van der Waals surface area contributed by atoms with Gasteiger partial charge in [0.2, 0.25) is 0 Å². The number of nitrogens with zero attached hydrogens (tertiary/aromatic N) is 2. The fourth-order valence-corrected chi connectivity index (χ4v) is 1.36. The largest absolute Gasteiger partial charge is 0.339 e. The van der Waals surface area contributed by atoms with Crippen LogP contribution in [-0.2, 0) is 0 Å². The van der Waals surface area contributed by atoms with Crippen molar-refractivity contribution in [3.05, 3.63) is 27.5 Å². The maximum absolute atomic E-state index is 11.4. The molecule has 0 saturated heterocycles. The molecule has 0 radical (unpaired) electrons. The van der Waals surface area contributed by atoms with Crippen LogP contribution in [0, 0.1) is 11.3 Å². The van der Waals surface area contributed by atoms with Crippen molar-refractivity contribution in [1.29, 1.82) is 5.26 Å². The predicted molar refractivity (Wildman–Crippen MR) is 54.9 cm³/mol. The van der Waals surface area contributed by atoms with Crippen LogP contribution in [0.1, 0.15) is 10.4 Å². The Balaban J connectivity index is 2.90. The van der Waals surface area contributed by atoms with Crippen LogP contribution >= 0.6 is 27.5 Å². The number of nitrogens with one attached hydrogen (secondary N) is 1. The molecule has 72 valence electrons. The molecule has 0 bridgehead atoms. The van der Waals surface area contributed by atoms with Crippen molar-refractivity contribution in [2.24, 2.45) is 0 Å². The van der Waals surface area contributed by atoms with E-state index < -0.39 is 0 Å². The van der Waals surface area contributed by atoms with E-state index in [-0.39, 0.29) is 17.6 Å². The van der Waals surface area contributed by atoms with E-state index in [0.29, 0.717) is 10.0 Å². The average Bonchev–Trinajstić information content (AvgIpc) is 2.18. The normalized spacial score (nSPS) is 9.21. The van der Waals surface area contributed by atoms with Crippen LogP contribution in [0.5, 0.6) is 0 Å². The van der Waals surface area contributed by atoms with Gasteiger partial charge in [0.05, 0.1) is 11.6 Å². The molecule has 1 heterocycles. The van der Waals surface area contributed by atoms with Gasteiger partial charge >= 0.3 is 0 Å². The summed E-state index contributed by atoms with van der Waals surface area (Å²) >= 11 is 8.78. The number of rotatable bonds is 2. The van der Waals surface area contributed by atoms with Crippen molar-refractivity contribution >= 4 is 33.4 Å². The molecule has 4 nitrogen and oxygen atoms in total. The molecular formula is C8H5BrClN3O. The number of hydrogen-bond donors (Lipinski definition) is 1. The molecule has 1 N–H and O–H groups in total. The van der Waals surface area contributed by atoms with Gasteiger partial charge in [-0.15, -0.1) is 0 Å². The maximum atomic E-state index is 11.4. The third-order valence-electron chi connectivity index (χ3n) is 1.39. The number of amides is 1. The lowest BCUT2D eigenvalue weighted by atomic mass is 10.2. The second kappa shape index (κ2) is 4.94. The van der Waals surface area contributed by atoms with E-state index in [1.165, 1.54) is 12.3 Å². The molecule has 1 rings (SSSR count). The number of pyridine rings is 1. The van der Waals surface area contributed by atoms with E-state index in [9.17, 15) is 4.79 Å². The number of halogens is 2. The van der Waals surface area contributed by atoms with Crippen molar-refractivity contribution in [3.8, 4) is 6.07 Å². The predicted octanol–water partition coefficient (Wildman–Crippen LogP) is 1.75. The van der Waals surface area contributed by atoms with E-state index in [1.54, 1.807) is 6.07 Å². The van der Waals surface area contributed by atoms with Gasteiger partial charge in [-0.25, -0.2) is 4.98 Å². The van der Waals surface area contributed by atoms with Crippen molar-refractivity contribution in [2.45, 2.75) is 0 Å². The third-order valence-corrected chi connectivity index (χ3v) is 2.23. The molecule has 6 heteroatoms. The molecule has 1 aromatic heterocycles. The van der Waals surface area contributed by atoms with Gasteiger partial charge in [0.25, 0.3) is 5.91 Å². The van der Waals surface area contributed by atoms with Gasteiger partial charge in [-0.2, -0.15) is 5.26 Å². The summed E-state index contributed by atoms with van der Waals surface area (Å²) in [6.45, 7) is -0.0365. The minimum atomic E-state index is -0.359.